The third-order valence-electron chi connectivity index (χ3n) is 10.5. The number of anilines is 1. The van der Waals surface area contributed by atoms with Gasteiger partial charge in [0.15, 0.2) is 5.82 Å². The van der Waals surface area contributed by atoms with Gasteiger partial charge in [-0.2, -0.15) is 9.97 Å². The number of ether oxygens (including phenoxy) is 2. The number of halogens is 3. The second-order valence-corrected chi connectivity index (χ2v) is 13.5. The highest BCUT2D eigenvalue weighted by atomic mass is 19.1. The minimum absolute atomic E-state index is 0.0421. The number of aliphatic hydroxyl groups is 1. The van der Waals surface area contributed by atoms with E-state index in [2.05, 4.69) is 27.8 Å². The third kappa shape index (κ3) is 5.33. The van der Waals surface area contributed by atoms with Crippen molar-refractivity contribution in [3.05, 3.63) is 41.5 Å². The van der Waals surface area contributed by atoms with Gasteiger partial charge in [0, 0.05) is 29.0 Å². The second kappa shape index (κ2) is 12.3. The summed E-state index contributed by atoms with van der Waals surface area (Å²) in [5.41, 5.74) is -2.25. The molecule has 2 N–H and O–H groups in total. The standard InChI is InChI=1S/C36H38F3N5O4/c1-4-23-25(38)10-9-21-16-22(45)17-24(27(21)23)30-29(39)31-28(33(40-30)47-3)32(44-15-7-13-36(46,18-37)19-44)42-34(41-31)48-20-35-11-5-8-26(35)43(2)14-6-12-35/h1,9-10,16-17,26,45-46H,5-8,11-15,18-20H2,2-3H3/t26-,35-,36?/m1/s1. The number of piperidine rings is 2. The number of likely N-dealkylation sites (tertiary alicyclic amines) is 1. The highest BCUT2D eigenvalue weighted by Crippen LogP contribution is 2.48. The Labute approximate surface area is 276 Å². The van der Waals surface area contributed by atoms with Crippen molar-refractivity contribution in [3.63, 3.8) is 0 Å². The number of phenolic OH excluding ortho intramolecular Hbond substituents is 1. The van der Waals surface area contributed by atoms with E-state index in [1.165, 1.54) is 31.4 Å². The predicted octanol–water partition coefficient (Wildman–Crippen LogP) is 5.76. The summed E-state index contributed by atoms with van der Waals surface area (Å²) >= 11 is 0. The van der Waals surface area contributed by atoms with E-state index >= 15 is 4.39 Å². The fourth-order valence-electron chi connectivity index (χ4n) is 8.26. The van der Waals surface area contributed by atoms with Crippen molar-refractivity contribution in [2.24, 2.45) is 5.41 Å². The van der Waals surface area contributed by atoms with Gasteiger partial charge in [-0.25, -0.2) is 18.2 Å². The van der Waals surface area contributed by atoms with Crippen LogP contribution < -0.4 is 14.4 Å². The van der Waals surface area contributed by atoms with Crippen molar-refractivity contribution < 1.29 is 32.9 Å². The first-order valence-corrected chi connectivity index (χ1v) is 16.3. The Morgan fingerprint density at radius 2 is 1.85 bits per heavy atom. The van der Waals surface area contributed by atoms with Crippen molar-refractivity contribution in [2.45, 2.75) is 56.6 Å². The summed E-state index contributed by atoms with van der Waals surface area (Å²) in [6, 6.07) is 5.58. The second-order valence-electron chi connectivity index (χ2n) is 13.5. The van der Waals surface area contributed by atoms with Gasteiger partial charge in [-0.05, 0) is 75.7 Å². The largest absolute Gasteiger partial charge is 0.508 e. The molecule has 2 saturated heterocycles. The predicted molar refractivity (Wildman–Crippen MR) is 176 cm³/mol. The van der Waals surface area contributed by atoms with E-state index in [1.807, 2.05) is 0 Å². The number of aromatic hydroxyl groups is 1. The molecule has 1 unspecified atom stereocenters. The summed E-state index contributed by atoms with van der Waals surface area (Å²) in [7, 11) is 3.49. The van der Waals surface area contributed by atoms with Gasteiger partial charge in [0.05, 0.1) is 25.8 Å². The van der Waals surface area contributed by atoms with Crippen molar-refractivity contribution in [1.29, 1.82) is 0 Å². The number of β-amino-alcohol motifs (C(OH)–C–C–N with tert-alkyl or cyclic N) is 1. The molecule has 48 heavy (non-hydrogen) atoms. The molecule has 0 amide bonds. The number of alkyl halides is 1. The maximum Gasteiger partial charge on any atom is 0.319 e. The molecule has 2 aromatic carbocycles. The molecule has 7 rings (SSSR count). The number of benzene rings is 2. The molecule has 9 nitrogen and oxygen atoms in total. The molecule has 4 aromatic rings. The molecule has 1 aliphatic carbocycles. The van der Waals surface area contributed by atoms with Crippen molar-refractivity contribution in [1.82, 2.24) is 19.9 Å². The summed E-state index contributed by atoms with van der Waals surface area (Å²) in [5, 5.41) is 22.2. The van der Waals surface area contributed by atoms with Gasteiger partial charge in [0.2, 0.25) is 5.88 Å². The molecule has 0 radical (unpaired) electrons. The molecule has 3 aliphatic rings. The van der Waals surface area contributed by atoms with E-state index in [0.717, 1.165) is 38.6 Å². The van der Waals surface area contributed by atoms with Crippen molar-refractivity contribution in [2.75, 3.05) is 52.0 Å². The van der Waals surface area contributed by atoms with Gasteiger partial charge in [0.1, 0.15) is 46.3 Å². The molecule has 0 bridgehead atoms. The number of nitrogens with zero attached hydrogens (tertiary/aromatic N) is 5. The van der Waals surface area contributed by atoms with Gasteiger partial charge >= 0.3 is 6.01 Å². The Morgan fingerprint density at radius 1 is 1.06 bits per heavy atom. The van der Waals surface area contributed by atoms with E-state index in [9.17, 15) is 19.0 Å². The fourth-order valence-corrected chi connectivity index (χ4v) is 8.26. The van der Waals surface area contributed by atoms with Crippen molar-refractivity contribution >= 4 is 27.5 Å². The van der Waals surface area contributed by atoms with Gasteiger partial charge < -0.3 is 29.5 Å². The van der Waals surface area contributed by atoms with Gasteiger partial charge in [-0.15, -0.1) is 6.42 Å². The Hall–Kier alpha value is -4.34. The van der Waals surface area contributed by atoms with Crippen LogP contribution in [0.2, 0.25) is 0 Å². The SMILES string of the molecule is C#Cc1c(F)ccc2cc(O)cc(-c3nc(OC)c4c(N5CCCC(O)(CF)C5)nc(OC[C@]56CCC[C@H]5N(C)CCC6)nc4c3F)c12. The van der Waals surface area contributed by atoms with E-state index in [0.29, 0.717) is 31.0 Å². The highest BCUT2D eigenvalue weighted by Gasteiger charge is 2.47. The first kappa shape index (κ1) is 32.2. The molecule has 2 aliphatic heterocycles. The quantitative estimate of drug-likeness (QED) is 0.239. The van der Waals surface area contributed by atoms with Crippen LogP contribution in [0.5, 0.6) is 17.6 Å². The van der Waals surface area contributed by atoms with Crippen LogP contribution in [-0.2, 0) is 0 Å². The lowest BCUT2D eigenvalue weighted by atomic mass is 9.76. The average Bonchev–Trinajstić information content (AvgIpc) is 3.53. The number of methoxy groups -OCH3 is 1. The van der Waals surface area contributed by atoms with Gasteiger partial charge in [-0.3, -0.25) is 0 Å². The monoisotopic (exact) mass is 661 g/mol. The number of aromatic nitrogens is 3. The molecule has 3 fully saturated rings. The Kier molecular flexibility index (Phi) is 8.24. The van der Waals surface area contributed by atoms with Gasteiger partial charge in [0.25, 0.3) is 0 Å². The lowest BCUT2D eigenvalue weighted by molar-refractivity contribution is 0.00287. The first-order valence-electron chi connectivity index (χ1n) is 16.3. The van der Waals surface area contributed by atoms with Crippen LogP contribution >= 0.6 is 0 Å². The molecular weight excluding hydrogens is 623 g/mol. The number of terminal acetylenes is 1. The maximum atomic E-state index is 17.0. The van der Waals surface area contributed by atoms with Crippen LogP contribution in [0.4, 0.5) is 19.0 Å². The van der Waals surface area contributed by atoms with Crippen LogP contribution in [-0.4, -0.2) is 88.8 Å². The zero-order valence-electron chi connectivity index (χ0n) is 27.0. The highest BCUT2D eigenvalue weighted by molar-refractivity contribution is 6.04. The number of pyridine rings is 1. The van der Waals surface area contributed by atoms with Crippen LogP contribution in [0, 0.1) is 29.4 Å². The summed E-state index contributed by atoms with van der Waals surface area (Å²) < 4.78 is 58.1. The molecule has 252 valence electrons. The molecule has 3 atom stereocenters. The zero-order valence-corrected chi connectivity index (χ0v) is 27.0. The van der Waals surface area contributed by atoms with Crippen molar-refractivity contribution in [3.8, 4) is 41.2 Å². The summed E-state index contributed by atoms with van der Waals surface area (Å²) in [6.07, 6.45) is 11.6. The molecule has 0 spiro atoms. The van der Waals surface area contributed by atoms with Crippen LogP contribution in [0.15, 0.2) is 24.3 Å². The average molecular weight is 662 g/mol. The van der Waals surface area contributed by atoms with E-state index in [-0.39, 0.29) is 74.9 Å². The summed E-state index contributed by atoms with van der Waals surface area (Å²) in [5.74, 6) is 0.686. The number of hydrogen-bond acceptors (Lipinski definition) is 9. The number of hydrogen-bond donors (Lipinski definition) is 2. The molecular formula is C36H38F3N5O4. The zero-order chi connectivity index (χ0) is 33.8. The number of rotatable bonds is 7. The first-order chi connectivity index (χ1) is 23.1. The normalized spacial score (nSPS) is 24.5. The molecule has 12 heteroatoms. The summed E-state index contributed by atoms with van der Waals surface area (Å²) in [6.45, 7) is 0.699. The minimum atomic E-state index is -1.62. The topological polar surface area (TPSA) is 104 Å². The van der Waals surface area contributed by atoms with E-state index in [4.69, 9.17) is 20.9 Å². The number of fused-ring (bicyclic) bond motifs is 3. The third-order valence-corrected chi connectivity index (χ3v) is 10.5. The Morgan fingerprint density at radius 3 is 2.62 bits per heavy atom. The van der Waals surface area contributed by atoms with Crippen LogP contribution in [0.1, 0.15) is 50.5 Å². The molecule has 2 aromatic heterocycles. The van der Waals surface area contributed by atoms with Gasteiger partial charge in [-0.1, -0.05) is 18.4 Å². The minimum Gasteiger partial charge on any atom is -0.508 e. The summed E-state index contributed by atoms with van der Waals surface area (Å²) in [4.78, 5) is 17.9. The Balaban J connectivity index is 1.43. The van der Waals surface area contributed by atoms with Crippen LogP contribution in [0.25, 0.3) is 32.9 Å². The Bertz CT molecular complexity index is 1950. The lowest BCUT2D eigenvalue weighted by Gasteiger charge is -2.44. The lowest BCUT2D eigenvalue weighted by Crippen LogP contribution is -2.50. The maximum absolute atomic E-state index is 17.0. The molecule has 4 heterocycles. The fraction of sp³-hybridized carbons (Fsp3) is 0.472. The van der Waals surface area contributed by atoms with E-state index in [1.54, 1.807) is 4.90 Å². The number of phenols is 1. The van der Waals surface area contributed by atoms with E-state index < -0.39 is 23.9 Å². The molecule has 1 saturated carbocycles. The van der Waals surface area contributed by atoms with Crippen LogP contribution in [0.3, 0.4) is 0 Å². The smallest absolute Gasteiger partial charge is 0.319 e.